The number of anilines is 1. The van der Waals surface area contributed by atoms with Gasteiger partial charge in [-0.2, -0.15) is 4.98 Å². The van der Waals surface area contributed by atoms with Crippen molar-refractivity contribution in [3.63, 3.8) is 0 Å². The largest absolute Gasteiger partial charge is 0.368 e. The zero-order chi connectivity index (χ0) is 17.4. The minimum Gasteiger partial charge on any atom is -0.368 e. The van der Waals surface area contributed by atoms with Crippen LogP contribution in [0.1, 0.15) is 12.5 Å². The van der Waals surface area contributed by atoms with Crippen LogP contribution >= 0.6 is 0 Å². The van der Waals surface area contributed by atoms with Gasteiger partial charge in [-0.1, -0.05) is 36.9 Å². The third kappa shape index (κ3) is 2.63. The molecule has 0 aliphatic carbocycles. The molecule has 1 atom stereocenters. The molecule has 2 aromatic heterocycles. The zero-order valence-corrected chi connectivity index (χ0v) is 13.7. The molecule has 1 amide bonds. The molecule has 0 radical (unpaired) electrons. The van der Waals surface area contributed by atoms with Crippen molar-refractivity contribution in [1.29, 1.82) is 0 Å². The highest BCUT2D eigenvalue weighted by Gasteiger charge is 2.30. The first kappa shape index (κ1) is 15.3. The molecule has 1 aromatic carbocycles. The molecule has 0 saturated carbocycles. The zero-order valence-electron chi connectivity index (χ0n) is 13.7. The SMILES string of the molecule is C=CC(=O)N1CCC(n2c(-c3ccccc3)nc3cnc(N)nc32)C1. The number of nitrogens with two attached hydrogens (primary N) is 1. The van der Waals surface area contributed by atoms with Crippen molar-refractivity contribution in [2.24, 2.45) is 0 Å². The van der Waals surface area contributed by atoms with Crippen molar-refractivity contribution in [3.05, 3.63) is 49.2 Å². The number of rotatable bonds is 3. The van der Waals surface area contributed by atoms with Gasteiger partial charge in [-0.15, -0.1) is 0 Å². The van der Waals surface area contributed by atoms with Crippen molar-refractivity contribution in [3.8, 4) is 11.4 Å². The number of benzene rings is 1. The number of likely N-dealkylation sites (tertiary alicyclic amines) is 1. The predicted octanol–water partition coefficient (Wildman–Crippen LogP) is 2.03. The van der Waals surface area contributed by atoms with E-state index >= 15 is 0 Å². The molecule has 126 valence electrons. The van der Waals surface area contributed by atoms with E-state index < -0.39 is 0 Å². The van der Waals surface area contributed by atoms with Crippen LogP contribution in [-0.4, -0.2) is 43.4 Å². The van der Waals surface area contributed by atoms with Crippen LogP contribution in [0, 0.1) is 0 Å². The molecular weight excluding hydrogens is 316 g/mol. The van der Waals surface area contributed by atoms with Crippen molar-refractivity contribution in [1.82, 2.24) is 24.4 Å². The van der Waals surface area contributed by atoms with Gasteiger partial charge in [0.25, 0.3) is 0 Å². The number of aromatic nitrogens is 4. The van der Waals surface area contributed by atoms with Crippen LogP contribution < -0.4 is 5.73 Å². The molecule has 1 saturated heterocycles. The van der Waals surface area contributed by atoms with Crippen LogP contribution in [0.4, 0.5) is 5.95 Å². The Kier molecular flexibility index (Phi) is 3.68. The summed E-state index contributed by atoms with van der Waals surface area (Å²) in [6, 6.07) is 10.0. The average Bonchev–Trinajstić information content (AvgIpc) is 3.26. The van der Waals surface area contributed by atoms with Crippen molar-refractivity contribution < 1.29 is 4.79 Å². The highest BCUT2D eigenvalue weighted by molar-refractivity contribution is 5.87. The molecule has 4 rings (SSSR count). The lowest BCUT2D eigenvalue weighted by Crippen LogP contribution is -2.27. The summed E-state index contributed by atoms with van der Waals surface area (Å²) in [6.07, 6.45) is 3.82. The fourth-order valence-electron chi connectivity index (χ4n) is 3.32. The Bertz CT molecular complexity index is 949. The summed E-state index contributed by atoms with van der Waals surface area (Å²) >= 11 is 0. The molecule has 1 aliphatic rings. The Morgan fingerprint density at radius 1 is 1.28 bits per heavy atom. The molecule has 1 fully saturated rings. The predicted molar refractivity (Wildman–Crippen MR) is 95.6 cm³/mol. The minimum absolute atomic E-state index is 0.0534. The number of nitrogen functional groups attached to an aromatic ring is 1. The molecule has 3 heterocycles. The highest BCUT2D eigenvalue weighted by Crippen LogP contribution is 2.32. The van der Waals surface area contributed by atoms with Gasteiger partial charge in [0, 0.05) is 18.7 Å². The van der Waals surface area contributed by atoms with Gasteiger partial charge in [0.2, 0.25) is 11.9 Å². The second-order valence-corrected chi connectivity index (χ2v) is 6.04. The van der Waals surface area contributed by atoms with Gasteiger partial charge in [-0.25, -0.2) is 9.97 Å². The molecule has 0 bridgehead atoms. The molecule has 25 heavy (non-hydrogen) atoms. The number of imidazole rings is 1. The van der Waals surface area contributed by atoms with Crippen LogP contribution in [0.5, 0.6) is 0 Å². The summed E-state index contributed by atoms with van der Waals surface area (Å²) in [7, 11) is 0. The molecule has 0 spiro atoms. The van der Waals surface area contributed by atoms with E-state index in [1.807, 2.05) is 30.3 Å². The Morgan fingerprint density at radius 3 is 2.84 bits per heavy atom. The number of carbonyl (C=O) groups is 1. The van der Waals surface area contributed by atoms with Crippen LogP contribution in [0.2, 0.25) is 0 Å². The number of hydrogen-bond acceptors (Lipinski definition) is 5. The average molecular weight is 334 g/mol. The topological polar surface area (TPSA) is 89.9 Å². The highest BCUT2D eigenvalue weighted by atomic mass is 16.2. The van der Waals surface area contributed by atoms with E-state index in [-0.39, 0.29) is 17.9 Å². The van der Waals surface area contributed by atoms with Crippen LogP contribution in [-0.2, 0) is 4.79 Å². The van der Waals surface area contributed by atoms with Gasteiger partial charge in [-0.05, 0) is 12.5 Å². The summed E-state index contributed by atoms with van der Waals surface area (Å²) in [5, 5.41) is 0. The van der Waals surface area contributed by atoms with Gasteiger partial charge in [-0.3, -0.25) is 4.79 Å². The van der Waals surface area contributed by atoms with Gasteiger partial charge < -0.3 is 15.2 Å². The van der Waals surface area contributed by atoms with Crippen LogP contribution in [0.3, 0.4) is 0 Å². The molecule has 7 heteroatoms. The smallest absolute Gasteiger partial charge is 0.246 e. The molecule has 1 unspecified atom stereocenters. The summed E-state index contributed by atoms with van der Waals surface area (Å²) in [6.45, 7) is 4.85. The van der Waals surface area contributed by atoms with E-state index in [1.54, 1.807) is 11.1 Å². The third-order valence-corrected chi connectivity index (χ3v) is 4.50. The van der Waals surface area contributed by atoms with E-state index in [9.17, 15) is 4.79 Å². The summed E-state index contributed by atoms with van der Waals surface area (Å²) < 4.78 is 2.08. The third-order valence-electron chi connectivity index (χ3n) is 4.50. The van der Waals surface area contributed by atoms with E-state index in [4.69, 9.17) is 10.7 Å². The fourth-order valence-corrected chi connectivity index (χ4v) is 3.32. The number of carbonyl (C=O) groups excluding carboxylic acids is 1. The first-order valence-corrected chi connectivity index (χ1v) is 8.14. The lowest BCUT2D eigenvalue weighted by molar-refractivity contribution is -0.125. The number of nitrogens with zero attached hydrogens (tertiary/aromatic N) is 5. The van der Waals surface area contributed by atoms with Crippen molar-refractivity contribution in [2.75, 3.05) is 18.8 Å². The summed E-state index contributed by atoms with van der Waals surface area (Å²) in [5.41, 5.74) is 8.18. The van der Waals surface area contributed by atoms with Gasteiger partial charge in [0.15, 0.2) is 5.65 Å². The Labute approximate surface area is 144 Å². The Balaban J connectivity index is 1.85. The fraction of sp³-hybridized carbons (Fsp3) is 0.222. The molecule has 2 N–H and O–H groups in total. The van der Waals surface area contributed by atoms with E-state index in [2.05, 4.69) is 21.1 Å². The maximum Gasteiger partial charge on any atom is 0.246 e. The monoisotopic (exact) mass is 334 g/mol. The number of hydrogen-bond donors (Lipinski definition) is 1. The van der Waals surface area contributed by atoms with E-state index in [0.717, 1.165) is 17.8 Å². The quantitative estimate of drug-likeness (QED) is 0.740. The lowest BCUT2D eigenvalue weighted by atomic mass is 10.2. The summed E-state index contributed by atoms with van der Waals surface area (Å²) in [5.74, 6) is 0.973. The van der Waals surface area contributed by atoms with Gasteiger partial charge >= 0.3 is 0 Å². The minimum atomic E-state index is -0.0534. The standard InChI is InChI=1S/C18H18N6O/c1-2-15(25)23-9-8-13(11-23)24-16(12-6-4-3-5-7-12)21-14-10-20-18(19)22-17(14)24/h2-7,10,13H,1,8-9,11H2,(H2,19,20,22). The first-order chi connectivity index (χ1) is 12.2. The van der Waals surface area contributed by atoms with E-state index in [0.29, 0.717) is 24.3 Å². The first-order valence-electron chi connectivity index (χ1n) is 8.14. The molecule has 3 aromatic rings. The van der Waals surface area contributed by atoms with Gasteiger partial charge in [0.1, 0.15) is 11.3 Å². The van der Waals surface area contributed by atoms with Crippen LogP contribution in [0.15, 0.2) is 49.2 Å². The second kappa shape index (κ2) is 6.01. The van der Waals surface area contributed by atoms with Gasteiger partial charge in [0.05, 0.1) is 12.2 Å². The number of amides is 1. The maximum atomic E-state index is 11.9. The Morgan fingerprint density at radius 2 is 2.08 bits per heavy atom. The molecule has 1 aliphatic heterocycles. The summed E-state index contributed by atoms with van der Waals surface area (Å²) in [4.78, 5) is 26.9. The van der Waals surface area contributed by atoms with Crippen molar-refractivity contribution >= 4 is 23.0 Å². The Hall–Kier alpha value is -3.22. The van der Waals surface area contributed by atoms with Crippen LogP contribution in [0.25, 0.3) is 22.6 Å². The number of fused-ring (bicyclic) bond motifs is 1. The lowest BCUT2D eigenvalue weighted by Gasteiger charge is -2.17. The maximum absolute atomic E-state index is 11.9. The van der Waals surface area contributed by atoms with E-state index in [1.165, 1.54) is 6.08 Å². The van der Waals surface area contributed by atoms with Crippen molar-refractivity contribution in [2.45, 2.75) is 12.5 Å². The molecular formula is C18H18N6O. The normalized spacial score (nSPS) is 17.1. The second-order valence-electron chi connectivity index (χ2n) is 6.04. The molecule has 7 nitrogen and oxygen atoms in total.